The number of amides is 3. The predicted octanol–water partition coefficient (Wildman–Crippen LogP) is 5.01. The van der Waals surface area contributed by atoms with Gasteiger partial charge in [0.25, 0.3) is 22.1 Å². The molecule has 3 amide bonds. The Kier molecular flexibility index (Phi) is 5.90. The second-order valence-electron chi connectivity index (χ2n) is 9.42. The van der Waals surface area contributed by atoms with Crippen LogP contribution in [0.1, 0.15) is 55.5 Å². The smallest absolute Gasteiger partial charge is 0.295 e. The molecule has 1 atom stereocenters. The average molecular weight is 481 g/mol. The number of carbonyl (C=O) groups is 3. The van der Waals surface area contributed by atoms with Gasteiger partial charge in [0, 0.05) is 24.6 Å². The molecule has 2 aliphatic heterocycles. The summed E-state index contributed by atoms with van der Waals surface area (Å²) in [7, 11) is 0. The Morgan fingerprint density at radius 1 is 1.00 bits per heavy atom. The molecule has 5 rings (SSSR count). The van der Waals surface area contributed by atoms with Crippen molar-refractivity contribution < 1.29 is 23.9 Å². The normalized spacial score (nSPS) is 23.7. The van der Waals surface area contributed by atoms with Crippen molar-refractivity contribution in [2.24, 2.45) is 5.92 Å². The second kappa shape index (κ2) is 8.74. The molecule has 34 heavy (non-hydrogen) atoms. The van der Waals surface area contributed by atoms with Gasteiger partial charge in [0.1, 0.15) is 5.75 Å². The van der Waals surface area contributed by atoms with Crippen LogP contribution < -0.4 is 4.74 Å². The van der Waals surface area contributed by atoms with Crippen LogP contribution in [0.3, 0.4) is 0 Å². The van der Waals surface area contributed by atoms with Crippen LogP contribution in [-0.4, -0.2) is 44.2 Å². The highest BCUT2D eigenvalue weighted by atomic mass is 32.2. The minimum Gasteiger partial charge on any atom is -0.467 e. The molecule has 0 aromatic heterocycles. The molecule has 7 nitrogen and oxygen atoms in total. The van der Waals surface area contributed by atoms with E-state index in [4.69, 9.17) is 9.47 Å². The molecule has 2 aromatic carbocycles. The molecule has 1 saturated heterocycles. The Morgan fingerprint density at radius 2 is 1.68 bits per heavy atom. The Morgan fingerprint density at radius 3 is 2.38 bits per heavy atom. The maximum atomic E-state index is 14.1. The van der Waals surface area contributed by atoms with Gasteiger partial charge in [0.05, 0.1) is 18.7 Å². The van der Waals surface area contributed by atoms with Crippen molar-refractivity contribution in [3.63, 3.8) is 0 Å². The number of carbonyl (C=O) groups excluding carboxylic acids is 3. The molecular formula is C26H28N2O5S. The first-order chi connectivity index (χ1) is 16.4. The summed E-state index contributed by atoms with van der Waals surface area (Å²) in [5.74, 6) is -0.277. The number of nitrogens with zero attached hydrogens (tertiary/aromatic N) is 2. The van der Waals surface area contributed by atoms with E-state index in [0.717, 1.165) is 30.2 Å². The number of benzene rings is 2. The molecule has 1 saturated carbocycles. The zero-order chi connectivity index (χ0) is 23.9. The summed E-state index contributed by atoms with van der Waals surface area (Å²) in [6.45, 7) is 4.27. The lowest BCUT2D eigenvalue weighted by molar-refractivity contribution is -0.192. The van der Waals surface area contributed by atoms with Gasteiger partial charge in [-0.25, -0.2) is 0 Å². The van der Waals surface area contributed by atoms with E-state index in [1.54, 1.807) is 18.2 Å². The Labute approximate surface area is 203 Å². The van der Waals surface area contributed by atoms with E-state index in [9.17, 15) is 14.4 Å². The number of imide groups is 1. The molecule has 1 spiro atoms. The van der Waals surface area contributed by atoms with E-state index < -0.39 is 21.9 Å². The van der Waals surface area contributed by atoms with Crippen LogP contribution in [0.15, 0.2) is 54.6 Å². The van der Waals surface area contributed by atoms with Gasteiger partial charge < -0.3 is 9.47 Å². The van der Waals surface area contributed by atoms with Crippen LogP contribution in [0.2, 0.25) is 0 Å². The van der Waals surface area contributed by atoms with Crippen molar-refractivity contribution in [3.05, 3.63) is 65.7 Å². The number of hydrogen-bond acceptors (Lipinski definition) is 6. The predicted molar refractivity (Wildman–Crippen MR) is 128 cm³/mol. The summed E-state index contributed by atoms with van der Waals surface area (Å²) < 4.78 is 12.8. The van der Waals surface area contributed by atoms with Crippen molar-refractivity contribution in [1.82, 2.24) is 9.80 Å². The van der Waals surface area contributed by atoms with E-state index in [0.29, 0.717) is 24.2 Å². The highest BCUT2D eigenvalue weighted by molar-refractivity contribution is 8.15. The standard InChI is InChI=1S/C26H28N2O5S/c1-18(2)17-32-26(23(30)27(24(31)34-26)16-19-10-4-3-5-11-19)28-22(29)20-12-6-7-13-21(20)33-25(28)14-8-9-15-25/h3-7,10-13,18H,8-9,14-17H2,1-2H3. The zero-order valence-corrected chi connectivity index (χ0v) is 20.2. The van der Waals surface area contributed by atoms with Gasteiger partial charge in [-0.3, -0.25) is 24.2 Å². The number of para-hydroxylation sites is 1. The summed E-state index contributed by atoms with van der Waals surface area (Å²) in [5.41, 5.74) is 0.162. The fourth-order valence-electron chi connectivity index (χ4n) is 4.89. The number of thioether (sulfide) groups is 1. The summed E-state index contributed by atoms with van der Waals surface area (Å²) in [4.78, 5) is 44.0. The third-order valence-electron chi connectivity index (χ3n) is 6.46. The molecule has 0 radical (unpaired) electrons. The van der Waals surface area contributed by atoms with Gasteiger partial charge in [-0.05, 0) is 36.5 Å². The van der Waals surface area contributed by atoms with Crippen molar-refractivity contribution in [1.29, 1.82) is 0 Å². The number of rotatable bonds is 6. The van der Waals surface area contributed by atoms with E-state index >= 15 is 0 Å². The van der Waals surface area contributed by atoms with Crippen LogP contribution in [0, 0.1) is 5.92 Å². The molecule has 3 aliphatic rings. The minimum absolute atomic E-state index is 0.0937. The van der Waals surface area contributed by atoms with Gasteiger partial charge in [0.15, 0.2) is 5.72 Å². The lowest BCUT2D eigenvalue weighted by atomic mass is 10.0. The molecule has 2 fully saturated rings. The van der Waals surface area contributed by atoms with Gasteiger partial charge >= 0.3 is 0 Å². The number of ether oxygens (including phenoxy) is 2. The topological polar surface area (TPSA) is 76.2 Å². The average Bonchev–Trinajstić information content (AvgIpc) is 3.37. The lowest BCUT2D eigenvalue weighted by Gasteiger charge is -2.50. The third kappa shape index (κ3) is 3.69. The first-order valence-electron chi connectivity index (χ1n) is 11.7. The molecule has 1 unspecified atom stereocenters. The molecule has 0 N–H and O–H groups in total. The van der Waals surface area contributed by atoms with E-state index in [1.807, 2.05) is 50.2 Å². The first kappa shape index (κ1) is 22.9. The minimum atomic E-state index is -1.81. The highest BCUT2D eigenvalue weighted by Crippen LogP contribution is 2.52. The van der Waals surface area contributed by atoms with Crippen LogP contribution in [-0.2, 0) is 16.1 Å². The van der Waals surface area contributed by atoms with Gasteiger partial charge in [-0.15, -0.1) is 0 Å². The molecule has 2 heterocycles. The maximum Gasteiger partial charge on any atom is 0.295 e. The largest absolute Gasteiger partial charge is 0.467 e. The number of fused-ring (bicyclic) bond motifs is 1. The SMILES string of the molecule is CC(C)COC1(N2C(=O)c3ccccc3OC23CCCC3)SC(=O)N(Cc2ccccc2)C1=O. The molecule has 178 valence electrons. The summed E-state index contributed by atoms with van der Waals surface area (Å²) in [6.07, 6.45) is 2.85. The quantitative estimate of drug-likeness (QED) is 0.578. The highest BCUT2D eigenvalue weighted by Gasteiger charge is 2.67. The Bertz CT molecular complexity index is 1120. The number of hydrogen-bond donors (Lipinski definition) is 0. The molecular weight excluding hydrogens is 452 g/mol. The van der Waals surface area contributed by atoms with E-state index in [1.165, 1.54) is 9.80 Å². The molecule has 0 bridgehead atoms. The fraction of sp³-hybridized carbons (Fsp3) is 0.423. The maximum absolute atomic E-state index is 14.1. The molecule has 1 aliphatic carbocycles. The van der Waals surface area contributed by atoms with Crippen LogP contribution >= 0.6 is 11.8 Å². The van der Waals surface area contributed by atoms with Crippen LogP contribution in [0.4, 0.5) is 4.79 Å². The second-order valence-corrected chi connectivity index (χ2v) is 10.5. The van der Waals surface area contributed by atoms with Crippen LogP contribution in [0.25, 0.3) is 0 Å². The van der Waals surface area contributed by atoms with Crippen molar-refractivity contribution in [2.45, 2.75) is 56.9 Å². The molecule has 8 heteroatoms. The molecule has 2 aromatic rings. The lowest BCUT2D eigenvalue weighted by Crippen LogP contribution is -2.68. The van der Waals surface area contributed by atoms with E-state index in [-0.39, 0.29) is 25.0 Å². The summed E-state index contributed by atoms with van der Waals surface area (Å²) in [6, 6.07) is 16.4. The van der Waals surface area contributed by atoms with Crippen molar-refractivity contribution >= 4 is 28.8 Å². The van der Waals surface area contributed by atoms with Gasteiger partial charge in [-0.2, -0.15) is 0 Å². The van der Waals surface area contributed by atoms with Crippen molar-refractivity contribution in [2.75, 3.05) is 6.61 Å². The van der Waals surface area contributed by atoms with E-state index in [2.05, 4.69) is 0 Å². The third-order valence-corrected chi connectivity index (χ3v) is 7.61. The summed E-state index contributed by atoms with van der Waals surface area (Å²) >= 11 is 0.777. The Balaban J connectivity index is 1.60. The Hall–Kier alpha value is -2.84. The van der Waals surface area contributed by atoms with Crippen LogP contribution in [0.5, 0.6) is 5.75 Å². The van der Waals surface area contributed by atoms with Gasteiger partial charge in [-0.1, -0.05) is 56.3 Å². The summed E-state index contributed by atoms with van der Waals surface area (Å²) in [5, 5.41) is -2.25. The fourth-order valence-corrected chi connectivity index (χ4v) is 6.05. The monoisotopic (exact) mass is 480 g/mol. The van der Waals surface area contributed by atoms with Crippen molar-refractivity contribution in [3.8, 4) is 5.75 Å². The zero-order valence-electron chi connectivity index (χ0n) is 19.4. The first-order valence-corrected chi connectivity index (χ1v) is 12.5. The van der Waals surface area contributed by atoms with Gasteiger partial charge in [0.2, 0.25) is 0 Å².